The quantitative estimate of drug-likeness (QED) is 0.310. The van der Waals surface area contributed by atoms with Gasteiger partial charge in [-0.1, -0.05) is 43.7 Å². The number of rotatable bonds is 7. The first-order valence-electron chi connectivity index (χ1n) is 11.6. The first-order chi connectivity index (χ1) is 17.5. The molecule has 0 amide bonds. The van der Waals surface area contributed by atoms with Crippen molar-refractivity contribution in [3.05, 3.63) is 63.9 Å². The molecule has 1 unspecified atom stereocenters. The summed E-state index contributed by atoms with van der Waals surface area (Å²) < 4.78 is 20.9. The van der Waals surface area contributed by atoms with Crippen LogP contribution in [0, 0.1) is 29.6 Å². The molecule has 192 valence electrons. The molecule has 0 bridgehead atoms. The molecule has 2 N–H and O–H groups in total. The fraction of sp³-hybridized carbons (Fsp3) is 0.346. The second-order valence-electron chi connectivity index (χ2n) is 9.92. The van der Waals surface area contributed by atoms with Crippen LogP contribution in [0.2, 0.25) is 5.02 Å². The van der Waals surface area contributed by atoms with Crippen molar-refractivity contribution in [2.75, 3.05) is 24.3 Å². The van der Waals surface area contributed by atoms with Gasteiger partial charge in [0.25, 0.3) is 0 Å². The summed E-state index contributed by atoms with van der Waals surface area (Å²) in [6, 6.07) is 8.19. The maximum absolute atomic E-state index is 13.8. The van der Waals surface area contributed by atoms with Gasteiger partial charge in [0.1, 0.15) is 12.1 Å². The van der Waals surface area contributed by atoms with Crippen molar-refractivity contribution in [2.24, 2.45) is 12.5 Å². The van der Waals surface area contributed by atoms with E-state index in [4.69, 9.17) is 16.3 Å². The number of nitrogens with one attached hydrogen (secondary N) is 2. The van der Waals surface area contributed by atoms with Gasteiger partial charge in [0.15, 0.2) is 5.69 Å². The Morgan fingerprint density at radius 1 is 1.27 bits per heavy atom. The number of ether oxygens (including phenoxy) is 1. The molecule has 1 atom stereocenters. The van der Waals surface area contributed by atoms with Crippen LogP contribution in [0.25, 0.3) is 10.9 Å². The average Bonchev–Trinajstić information content (AvgIpc) is 3.20. The van der Waals surface area contributed by atoms with E-state index in [9.17, 15) is 9.65 Å². The van der Waals surface area contributed by atoms with E-state index >= 15 is 0 Å². The van der Waals surface area contributed by atoms with Gasteiger partial charge in [0.05, 0.1) is 28.9 Å². The first kappa shape index (κ1) is 26.1. The SMILES string of the molecule is COc1c(C(Nc2cc(Cl)c3ncc(C#N)c(NCC(C)(C)C)c3c2)c2ccc(F)nc2C)nnn1C. The van der Waals surface area contributed by atoms with E-state index < -0.39 is 12.0 Å². The van der Waals surface area contributed by atoms with Crippen LogP contribution in [-0.4, -0.2) is 38.6 Å². The molecule has 0 spiro atoms. The van der Waals surface area contributed by atoms with Crippen LogP contribution >= 0.6 is 11.6 Å². The molecule has 11 heteroatoms. The number of hydrogen-bond donors (Lipinski definition) is 2. The Kier molecular flexibility index (Phi) is 7.18. The summed E-state index contributed by atoms with van der Waals surface area (Å²) in [6.07, 6.45) is 1.52. The fourth-order valence-electron chi connectivity index (χ4n) is 4.06. The Bertz CT molecular complexity index is 1510. The third kappa shape index (κ3) is 5.42. The molecule has 0 aliphatic rings. The lowest BCUT2D eigenvalue weighted by Gasteiger charge is -2.23. The van der Waals surface area contributed by atoms with Crippen molar-refractivity contribution in [1.82, 2.24) is 25.0 Å². The summed E-state index contributed by atoms with van der Waals surface area (Å²) in [7, 11) is 3.25. The summed E-state index contributed by atoms with van der Waals surface area (Å²) in [4.78, 5) is 8.42. The highest BCUT2D eigenvalue weighted by atomic mass is 35.5. The zero-order chi connectivity index (χ0) is 26.9. The Labute approximate surface area is 219 Å². The lowest BCUT2D eigenvalue weighted by atomic mass is 9.96. The molecule has 1 aromatic carbocycles. The highest BCUT2D eigenvalue weighted by molar-refractivity contribution is 6.35. The smallest absolute Gasteiger partial charge is 0.237 e. The highest BCUT2D eigenvalue weighted by Crippen LogP contribution is 2.37. The van der Waals surface area contributed by atoms with Gasteiger partial charge in [0.2, 0.25) is 11.8 Å². The maximum Gasteiger partial charge on any atom is 0.237 e. The molecular weight excluding hydrogens is 495 g/mol. The molecule has 3 heterocycles. The van der Waals surface area contributed by atoms with Crippen LogP contribution in [0.4, 0.5) is 15.8 Å². The molecule has 0 aliphatic carbocycles. The molecule has 4 aromatic rings. The lowest BCUT2D eigenvalue weighted by molar-refractivity contribution is 0.368. The number of anilines is 2. The summed E-state index contributed by atoms with van der Waals surface area (Å²) in [5.41, 5.74) is 3.91. The zero-order valence-electron chi connectivity index (χ0n) is 21.5. The number of nitriles is 1. The number of halogens is 2. The van der Waals surface area contributed by atoms with Gasteiger partial charge in [-0.15, -0.1) is 5.10 Å². The Hall–Kier alpha value is -3.97. The Balaban J connectivity index is 1.87. The normalized spacial score (nSPS) is 12.3. The van der Waals surface area contributed by atoms with Crippen molar-refractivity contribution in [2.45, 2.75) is 33.7 Å². The molecular formula is C26H28ClFN8O. The molecule has 0 fully saturated rings. The summed E-state index contributed by atoms with van der Waals surface area (Å²) >= 11 is 6.68. The lowest BCUT2D eigenvalue weighted by Crippen LogP contribution is -2.20. The number of hydrogen-bond acceptors (Lipinski definition) is 8. The van der Waals surface area contributed by atoms with Crippen LogP contribution < -0.4 is 15.4 Å². The number of benzene rings is 1. The summed E-state index contributed by atoms with van der Waals surface area (Å²) in [5, 5.41) is 26.1. The molecule has 9 nitrogen and oxygen atoms in total. The van der Waals surface area contributed by atoms with Gasteiger partial charge in [-0.25, -0.2) is 9.67 Å². The molecule has 37 heavy (non-hydrogen) atoms. The number of fused-ring (bicyclic) bond motifs is 1. The monoisotopic (exact) mass is 522 g/mol. The maximum atomic E-state index is 13.8. The van der Waals surface area contributed by atoms with Crippen LogP contribution in [0.15, 0.2) is 30.5 Å². The number of nitrogens with zero attached hydrogens (tertiary/aromatic N) is 6. The third-order valence-corrected chi connectivity index (χ3v) is 6.11. The Morgan fingerprint density at radius 3 is 2.68 bits per heavy atom. The number of aromatic nitrogens is 5. The molecule has 0 saturated carbocycles. The Morgan fingerprint density at radius 2 is 2.03 bits per heavy atom. The van der Waals surface area contributed by atoms with E-state index in [1.807, 2.05) is 6.07 Å². The predicted octanol–water partition coefficient (Wildman–Crippen LogP) is 5.40. The summed E-state index contributed by atoms with van der Waals surface area (Å²) in [5.74, 6) is -0.140. The molecule has 0 aliphatic heterocycles. The minimum atomic E-state index is -0.594. The van der Waals surface area contributed by atoms with Crippen LogP contribution in [-0.2, 0) is 7.05 Å². The minimum absolute atomic E-state index is 0.0251. The molecule has 0 radical (unpaired) electrons. The number of methoxy groups -OCH3 is 1. The van der Waals surface area contributed by atoms with Gasteiger partial charge in [0, 0.05) is 42.1 Å². The molecule has 3 aromatic heterocycles. The zero-order valence-corrected chi connectivity index (χ0v) is 22.3. The number of aryl methyl sites for hydroxylation is 2. The van der Waals surface area contributed by atoms with Crippen molar-refractivity contribution in [3.63, 3.8) is 0 Å². The van der Waals surface area contributed by atoms with Crippen molar-refractivity contribution in [1.29, 1.82) is 5.26 Å². The van der Waals surface area contributed by atoms with E-state index in [2.05, 4.69) is 57.8 Å². The van der Waals surface area contributed by atoms with E-state index in [1.165, 1.54) is 24.1 Å². The van der Waals surface area contributed by atoms with Crippen molar-refractivity contribution in [3.8, 4) is 11.9 Å². The predicted molar refractivity (Wildman–Crippen MR) is 141 cm³/mol. The van der Waals surface area contributed by atoms with Gasteiger partial charge in [-0.3, -0.25) is 4.98 Å². The van der Waals surface area contributed by atoms with E-state index in [-0.39, 0.29) is 5.41 Å². The minimum Gasteiger partial charge on any atom is -0.480 e. The van der Waals surface area contributed by atoms with Gasteiger partial charge in [-0.05, 0) is 30.5 Å². The van der Waals surface area contributed by atoms with Crippen molar-refractivity contribution < 1.29 is 9.13 Å². The first-order valence-corrected chi connectivity index (χ1v) is 12.0. The second-order valence-corrected chi connectivity index (χ2v) is 10.3. The van der Waals surface area contributed by atoms with E-state index in [1.54, 1.807) is 26.1 Å². The van der Waals surface area contributed by atoms with Crippen LogP contribution in [0.5, 0.6) is 5.88 Å². The topological polar surface area (TPSA) is 114 Å². The van der Waals surface area contributed by atoms with E-state index in [0.717, 1.165) is 0 Å². The molecule has 0 saturated heterocycles. The second kappa shape index (κ2) is 10.2. The van der Waals surface area contributed by atoms with Crippen LogP contribution in [0.1, 0.15) is 49.3 Å². The summed E-state index contributed by atoms with van der Waals surface area (Å²) in [6.45, 7) is 8.67. The fourth-order valence-corrected chi connectivity index (χ4v) is 4.33. The van der Waals surface area contributed by atoms with Gasteiger partial charge in [-0.2, -0.15) is 9.65 Å². The van der Waals surface area contributed by atoms with Gasteiger partial charge >= 0.3 is 0 Å². The highest BCUT2D eigenvalue weighted by Gasteiger charge is 2.27. The van der Waals surface area contributed by atoms with Crippen LogP contribution in [0.3, 0.4) is 0 Å². The third-order valence-electron chi connectivity index (χ3n) is 5.82. The molecule has 4 rings (SSSR count). The average molecular weight is 523 g/mol. The standard InChI is InChI=1S/C26H28ClFN8O/c1-14-17(7-8-20(28)32-14)23(24-25(37-6)36(5)35-34-24)33-16-9-18-21(31-13-26(2,3)4)15(11-29)12-30-22(18)19(27)10-16/h7-10,12,23,33H,13H2,1-6H3,(H,30,31). The van der Waals surface area contributed by atoms with E-state index in [0.29, 0.717) is 62.2 Å². The largest absolute Gasteiger partial charge is 0.480 e. The van der Waals surface area contributed by atoms with Crippen molar-refractivity contribution >= 4 is 33.9 Å². The number of pyridine rings is 2. The van der Waals surface area contributed by atoms with Gasteiger partial charge < -0.3 is 15.4 Å².